The highest BCUT2D eigenvalue weighted by molar-refractivity contribution is 9.10. The first-order valence-corrected chi connectivity index (χ1v) is 8.61. The van der Waals surface area contributed by atoms with Crippen molar-refractivity contribution in [1.29, 1.82) is 0 Å². The second kappa shape index (κ2) is 7.90. The molecule has 6 heteroatoms. The van der Waals surface area contributed by atoms with Crippen LogP contribution in [-0.2, 0) is 6.54 Å². The van der Waals surface area contributed by atoms with Crippen LogP contribution < -0.4 is 10.6 Å². The Hall–Kier alpha value is -2.73. The van der Waals surface area contributed by atoms with Crippen molar-refractivity contribution in [3.8, 4) is 0 Å². The van der Waals surface area contributed by atoms with Crippen molar-refractivity contribution in [2.75, 3.05) is 10.6 Å². The van der Waals surface area contributed by atoms with Gasteiger partial charge in [0.25, 0.3) is 5.91 Å². The molecular weight excluding hydrogens is 380 g/mol. The molecule has 0 bridgehead atoms. The van der Waals surface area contributed by atoms with Gasteiger partial charge in [-0.15, -0.1) is 10.2 Å². The predicted octanol–water partition coefficient (Wildman–Crippen LogP) is 4.41. The van der Waals surface area contributed by atoms with Gasteiger partial charge in [0, 0.05) is 11.0 Å². The van der Waals surface area contributed by atoms with Crippen molar-refractivity contribution in [3.05, 3.63) is 82.0 Å². The largest absolute Gasteiger partial charge is 0.364 e. The minimum absolute atomic E-state index is 0.261. The van der Waals surface area contributed by atoms with Gasteiger partial charge in [-0.3, -0.25) is 4.79 Å². The van der Waals surface area contributed by atoms with E-state index in [2.05, 4.69) is 55.8 Å². The molecule has 0 spiro atoms. The quantitative estimate of drug-likeness (QED) is 0.669. The summed E-state index contributed by atoms with van der Waals surface area (Å²) in [7, 11) is 0. The number of rotatable bonds is 5. The zero-order valence-corrected chi connectivity index (χ0v) is 15.2. The topological polar surface area (TPSA) is 66.9 Å². The zero-order valence-electron chi connectivity index (χ0n) is 13.7. The number of para-hydroxylation sites is 1. The molecule has 1 aromatic heterocycles. The van der Waals surface area contributed by atoms with Crippen molar-refractivity contribution in [2.24, 2.45) is 0 Å². The average Bonchev–Trinajstić information content (AvgIpc) is 2.63. The smallest absolute Gasteiger partial charge is 0.276 e. The highest BCUT2D eigenvalue weighted by Gasteiger charge is 2.10. The summed E-state index contributed by atoms with van der Waals surface area (Å²) in [4.78, 5) is 12.2. The molecule has 3 rings (SSSR count). The summed E-state index contributed by atoms with van der Waals surface area (Å²) in [6, 6.07) is 19.0. The molecule has 25 heavy (non-hydrogen) atoms. The molecule has 0 aliphatic heterocycles. The van der Waals surface area contributed by atoms with Gasteiger partial charge in [0.1, 0.15) is 5.82 Å². The molecular formula is C19H17BrN4O. The Balaban J connectivity index is 1.63. The van der Waals surface area contributed by atoms with E-state index in [4.69, 9.17) is 0 Å². The molecule has 0 atom stereocenters. The molecule has 1 amide bonds. The normalized spacial score (nSPS) is 10.3. The van der Waals surface area contributed by atoms with E-state index >= 15 is 0 Å². The van der Waals surface area contributed by atoms with Gasteiger partial charge in [-0.05, 0) is 58.2 Å². The zero-order chi connectivity index (χ0) is 17.6. The maximum atomic E-state index is 12.2. The van der Waals surface area contributed by atoms with E-state index in [1.54, 1.807) is 12.1 Å². The number of hydrogen-bond acceptors (Lipinski definition) is 4. The van der Waals surface area contributed by atoms with Crippen molar-refractivity contribution in [3.63, 3.8) is 0 Å². The fourth-order valence-corrected chi connectivity index (χ4v) is 2.67. The average molecular weight is 397 g/mol. The Labute approximate surface area is 154 Å². The van der Waals surface area contributed by atoms with E-state index in [-0.39, 0.29) is 11.6 Å². The Morgan fingerprint density at radius 1 is 1.00 bits per heavy atom. The van der Waals surface area contributed by atoms with E-state index in [0.29, 0.717) is 18.1 Å². The highest BCUT2D eigenvalue weighted by Crippen LogP contribution is 2.21. The monoisotopic (exact) mass is 396 g/mol. The summed E-state index contributed by atoms with van der Waals surface area (Å²) in [5.74, 6) is 0.325. The number of aromatic nitrogens is 2. The third kappa shape index (κ3) is 4.42. The van der Waals surface area contributed by atoms with Crippen LogP contribution in [0.2, 0.25) is 0 Å². The maximum Gasteiger partial charge on any atom is 0.276 e. The van der Waals surface area contributed by atoms with E-state index < -0.39 is 0 Å². The third-order valence-electron chi connectivity index (χ3n) is 3.74. The molecule has 0 saturated heterocycles. The molecule has 0 saturated carbocycles. The lowest BCUT2D eigenvalue weighted by Crippen LogP contribution is -2.15. The van der Waals surface area contributed by atoms with Crippen molar-refractivity contribution < 1.29 is 4.79 Å². The molecule has 2 N–H and O–H groups in total. The SMILES string of the molecule is Cc1ccccc1CNc1ccc(C(=O)Nc2ccccc2Br)nn1. The van der Waals surface area contributed by atoms with Gasteiger partial charge < -0.3 is 10.6 Å². The summed E-state index contributed by atoms with van der Waals surface area (Å²) in [6.45, 7) is 2.72. The fourth-order valence-electron chi connectivity index (χ4n) is 2.29. The van der Waals surface area contributed by atoms with Gasteiger partial charge in [0.2, 0.25) is 0 Å². The molecule has 0 unspecified atom stereocenters. The van der Waals surface area contributed by atoms with Crippen molar-refractivity contribution in [1.82, 2.24) is 10.2 Å². The van der Waals surface area contributed by atoms with Gasteiger partial charge in [0.05, 0.1) is 5.69 Å². The Morgan fingerprint density at radius 3 is 2.48 bits per heavy atom. The number of halogens is 1. The Kier molecular flexibility index (Phi) is 5.40. The van der Waals surface area contributed by atoms with Crippen LogP contribution in [0.15, 0.2) is 65.1 Å². The predicted molar refractivity (Wildman–Crippen MR) is 103 cm³/mol. The standard InChI is InChI=1S/C19H17BrN4O/c1-13-6-2-3-7-14(13)12-21-18-11-10-17(23-24-18)19(25)22-16-9-5-4-8-15(16)20/h2-11H,12H2,1H3,(H,21,24)(H,22,25). The van der Waals surface area contributed by atoms with Crippen LogP contribution in [-0.4, -0.2) is 16.1 Å². The number of carbonyl (C=O) groups excluding carboxylic acids is 1. The lowest BCUT2D eigenvalue weighted by atomic mass is 10.1. The first-order valence-electron chi connectivity index (χ1n) is 7.81. The van der Waals surface area contributed by atoms with Gasteiger partial charge in [0.15, 0.2) is 5.69 Å². The van der Waals surface area contributed by atoms with Crippen LogP contribution in [0, 0.1) is 6.92 Å². The lowest BCUT2D eigenvalue weighted by molar-refractivity contribution is 0.102. The Bertz CT molecular complexity index is 881. The summed E-state index contributed by atoms with van der Waals surface area (Å²) >= 11 is 3.40. The number of nitrogens with one attached hydrogen (secondary N) is 2. The highest BCUT2D eigenvalue weighted by atomic mass is 79.9. The molecule has 0 aliphatic rings. The van der Waals surface area contributed by atoms with Gasteiger partial charge in [-0.1, -0.05) is 36.4 Å². The Morgan fingerprint density at radius 2 is 1.76 bits per heavy atom. The molecule has 1 heterocycles. The first-order chi connectivity index (χ1) is 12.1. The van der Waals surface area contributed by atoms with Crippen LogP contribution >= 0.6 is 15.9 Å². The summed E-state index contributed by atoms with van der Waals surface area (Å²) in [5, 5.41) is 14.1. The van der Waals surface area contributed by atoms with Crippen molar-refractivity contribution >= 4 is 33.3 Å². The second-order valence-electron chi connectivity index (χ2n) is 5.52. The minimum atomic E-state index is -0.301. The number of anilines is 2. The molecule has 0 aliphatic carbocycles. The molecule has 5 nitrogen and oxygen atoms in total. The van der Waals surface area contributed by atoms with Crippen LogP contribution in [0.1, 0.15) is 21.6 Å². The molecule has 0 radical (unpaired) electrons. The lowest BCUT2D eigenvalue weighted by Gasteiger charge is -2.09. The first kappa shape index (κ1) is 17.1. The molecule has 126 valence electrons. The summed E-state index contributed by atoms with van der Waals surface area (Å²) in [6.07, 6.45) is 0. The number of amides is 1. The molecule has 3 aromatic rings. The van der Waals surface area contributed by atoms with Gasteiger partial charge in [-0.2, -0.15) is 0 Å². The summed E-state index contributed by atoms with van der Waals surface area (Å²) in [5.41, 5.74) is 3.36. The van der Waals surface area contributed by atoms with Crippen LogP contribution in [0.3, 0.4) is 0 Å². The molecule has 0 fully saturated rings. The molecule has 2 aromatic carbocycles. The van der Waals surface area contributed by atoms with Crippen LogP contribution in [0.25, 0.3) is 0 Å². The number of aryl methyl sites for hydroxylation is 1. The maximum absolute atomic E-state index is 12.2. The number of benzene rings is 2. The van der Waals surface area contributed by atoms with E-state index in [0.717, 1.165) is 4.47 Å². The van der Waals surface area contributed by atoms with Gasteiger partial charge in [-0.25, -0.2) is 0 Å². The van der Waals surface area contributed by atoms with Crippen LogP contribution in [0.4, 0.5) is 11.5 Å². The van der Waals surface area contributed by atoms with E-state index in [9.17, 15) is 4.79 Å². The van der Waals surface area contributed by atoms with Gasteiger partial charge >= 0.3 is 0 Å². The number of carbonyl (C=O) groups is 1. The van der Waals surface area contributed by atoms with E-state index in [1.807, 2.05) is 36.4 Å². The van der Waals surface area contributed by atoms with Crippen molar-refractivity contribution in [2.45, 2.75) is 13.5 Å². The van der Waals surface area contributed by atoms with Crippen LogP contribution in [0.5, 0.6) is 0 Å². The second-order valence-corrected chi connectivity index (χ2v) is 6.37. The van der Waals surface area contributed by atoms with E-state index in [1.165, 1.54) is 11.1 Å². The number of hydrogen-bond donors (Lipinski definition) is 2. The summed E-state index contributed by atoms with van der Waals surface area (Å²) < 4.78 is 0.813. The minimum Gasteiger partial charge on any atom is -0.364 e. The fraction of sp³-hybridized carbons (Fsp3) is 0.105. The third-order valence-corrected chi connectivity index (χ3v) is 4.43. The number of nitrogens with zero attached hydrogens (tertiary/aromatic N) is 2.